The maximum Gasteiger partial charge on any atom is 0.110 e. The van der Waals surface area contributed by atoms with Crippen LogP contribution < -0.4 is 0 Å². The zero-order valence-corrected chi connectivity index (χ0v) is 9.94. The van der Waals surface area contributed by atoms with Gasteiger partial charge in [0.1, 0.15) is 5.82 Å². The highest BCUT2D eigenvalue weighted by Gasteiger charge is 2.08. The third-order valence-electron chi connectivity index (χ3n) is 2.54. The number of aliphatic hydroxyl groups excluding tert-OH is 1. The maximum absolute atomic E-state index is 9.45. The van der Waals surface area contributed by atoms with E-state index in [1.165, 1.54) is 0 Å². The van der Waals surface area contributed by atoms with Crippen molar-refractivity contribution in [1.82, 2.24) is 9.55 Å². The number of hydrogen-bond acceptors (Lipinski definition) is 2. The average molecular weight is 237 g/mol. The topological polar surface area (TPSA) is 38.0 Å². The molecule has 0 saturated carbocycles. The van der Waals surface area contributed by atoms with E-state index < -0.39 is 6.10 Å². The molecule has 1 N–H and O–H groups in total. The van der Waals surface area contributed by atoms with Gasteiger partial charge in [-0.2, -0.15) is 0 Å². The van der Waals surface area contributed by atoms with Gasteiger partial charge >= 0.3 is 0 Å². The van der Waals surface area contributed by atoms with E-state index in [0.29, 0.717) is 5.02 Å². The number of imidazole rings is 1. The Bertz CT molecular complexity index is 505. The molecule has 0 fully saturated rings. The molecule has 1 aromatic heterocycles. The summed E-state index contributed by atoms with van der Waals surface area (Å²) in [6.45, 7) is 3.63. The Morgan fingerprint density at radius 1 is 1.44 bits per heavy atom. The van der Waals surface area contributed by atoms with Gasteiger partial charge in [-0.1, -0.05) is 17.7 Å². The molecule has 0 amide bonds. The van der Waals surface area contributed by atoms with Crippen molar-refractivity contribution in [3.05, 3.63) is 47.0 Å². The number of rotatable bonds is 2. The molecule has 2 aromatic rings. The van der Waals surface area contributed by atoms with Gasteiger partial charge in [0.15, 0.2) is 0 Å². The fourth-order valence-electron chi connectivity index (χ4n) is 1.61. The Morgan fingerprint density at radius 2 is 2.19 bits per heavy atom. The van der Waals surface area contributed by atoms with E-state index in [1.807, 2.05) is 29.8 Å². The third kappa shape index (κ3) is 1.96. The lowest BCUT2D eigenvalue weighted by Gasteiger charge is -2.10. The van der Waals surface area contributed by atoms with E-state index in [4.69, 9.17) is 11.6 Å². The number of aromatic nitrogens is 2. The monoisotopic (exact) mass is 236 g/mol. The average Bonchev–Trinajstić information content (AvgIpc) is 2.64. The first-order valence-electron chi connectivity index (χ1n) is 5.07. The van der Waals surface area contributed by atoms with E-state index in [9.17, 15) is 5.11 Å². The lowest BCUT2D eigenvalue weighted by Crippen LogP contribution is -1.98. The van der Waals surface area contributed by atoms with Gasteiger partial charge < -0.3 is 9.67 Å². The summed E-state index contributed by atoms with van der Waals surface area (Å²) in [7, 11) is 0. The minimum atomic E-state index is -0.504. The van der Waals surface area contributed by atoms with Crippen molar-refractivity contribution < 1.29 is 5.11 Å². The fourth-order valence-corrected chi connectivity index (χ4v) is 1.89. The summed E-state index contributed by atoms with van der Waals surface area (Å²) >= 11 is 6.18. The zero-order chi connectivity index (χ0) is 11.7. The molecule has 0 bridgehead atoms. The van der Waals surface area contributed by atoms with E-state index in [-0.39, 0.29) is 0 Å². The van der Waals surface area contributed by atoms with Crippen molar-refractivity contribution in [3.8, 4) is 5.69 Å². The van der Waals surface area contributed by atoms with Crippen molar-refractivity contribution in [2.75, 3.05) is 0 Å². The second-order valence-corrected chi connectivity index (χ2v) is 4.14. The van der Waals surface area contributed by atoms with Gasteiger partial charge in [0, 0.05) is 12.4 Å². The molecule has 1 atom stereocenters. The van der Waals surface area contributed by atoms with E-state index >= 15 is 0 Å². The summed E-state index contributed by atoms with van der Waals surface area (Å²) in [5, 5.41) is 10.1. The van der Waals surface area contributed by atoms with Gasteiger partial charge in [-0.25, -0.2) is 4.98 Å². The lowest BCUT2D eigenvalue weighted by molar-refractivity contribution is 0.199. The first kappa shape index (κ1) is 11.2. The summed E-state index contributed by atoms with van der Waals surface area (Å²) in [6, 6.07) is 5.53. The molecule has 0 unspecified atom stereocenters. The van der Waals surface area contributed by atoms with E-state index in [1.54, 1.807) is 19.2 Å². The van der Waals surface area contributed by atoms with Crippen LogP contribution in [0.15, 0.2) is 30.6 Å². The molecule has 3 nitrogen and oxygen atoms in total. The molecule has 0 spiro atoms. The molecule has 16 heavy (non-hydrogen) atoms. The van der Waals surface area contributed by atoms with Crippen molar-refractivity contribution in [2.45, 2.75) is 20.0 Å². The number of aliphatic hydroxyl groups is 1. The SMILES string of the molecule is Cc1nccn1-c1ccc([C@@H](C)O)cc1Cl. The molecule has 1 aromatic carbocycles. The zero-order valence-electron chi connectivity index (χ0n) is 9.18. The minimum Gasteiger partial charge on any atom is -0.389 e. The number of benzene rings is 1. The van der Waals surface area contributed by atoms with Gasteiger partial charge in [-0.05, 0) is 31.5 Å². The van der Waals surface area contributed by atoms with Gasteiger partial charge in [-0.15, -0.1) is 0 Å². The van der Waals surface area contributed by atoms with Crippen LogP contribution in [-0.2, 0) is 0 Å². The Hall–Kier alpha value is -1.32. The third-order valence-corrected chi connectivity index (χ3v) is 2.84. The molecule has 0 aliphatic carbocycles. The predicted octanol–water partition coefficient (Wildman–Crippen LogP) is 2.89. The van der Waals surface area contributed by atoms with Crippen molar-refractivity contribution >= 4 is 11.6 Å². The molecule has 0 radical (unpaired) electrons. The van der Waals surface area contributed by atoms with Crippen LogP contribution in [0.1, 0.15) is 24.4 Å². The van der Waals surface area contributed by atoms with Crippen LogP contribution in [0.5, 0.6) is 0 Å². The fraction of sp³-hybridized carbons (Fsp3) is 0.250. The highest BCUT2D eigenvalue weighted by atomic mass is 35.5. The van der Waals surface area contributed by atoms with Crippen LogP contribution in [0.25, 0.3) is 5.69 Å². The Balaban J connectivity index is 2.48. The molecule has 0 aliphatic heterocycles. The van der Waals surface area contributed by atoms with Crippen LogP contribution >= 0.6 is 11.6 Å². The summed E-state index contributed by atoms with van der Waals surface area (Å²) < 4.78 is 1.91. The Kier molecular flexibility index (Phi) is 2.99. The van der Waals surface area contributed by atoms with Crippen molar-refractivity contribution in [3.63, 3.8) is 0 Å². The second kappa shape index (κ2) is 4.28. The molecule has 0 aliphatic rings. The largest absolute Gasteiger partial charge is 0.389 e. The van der Waals surface area contributed by atoms with Crippen LogP contribution in [-0.4, -0.2) is 14.7 Å². The first-order chi connectivity index (χ1) is 7.59. The lowest BCUT2D eigenvalue weighted by atomic mass is 10.1. The highest BCUT2D eigenvalue weighted by molar-refractivity contribution is 6.32. The molecule has 1 heterocycles. The Labute approximate surface area is 99.3 Å². The summed E-state index contributed by atoms with van der Waals surface area (Å²) in [5.41, 5.74) is 1.69. The molecule has 4 heteroatoms. The Morgan fingerprint density at radius 3 is 2.69 bits per heavy atom. The van der Waals surface area contributed by atoms with Gasteiger partial charge in [-0.3, -0.25) is 0 Å². The summed E-state index contributed by atoms with van der Waals surface area (Å²) in [6.07, 6.45) is 3.09. The van der Waals surface area contributed by atoms with Crippen molar-refractivity contribution in [1.29, 1.82) is 0 Å². The second-order valence-electron chi connectivity index (χ2n) is 3.73. The molecular weight excluding hydrogens is 224 g/mol. The highest BCUT2D eigenvalue weighted by Crippen LogP contribution is 2.25. The minimum absolute atomic E-state index is 0.504. The quantitative estimate of drug-likeness (QED) is 0.871. The van der Waals surface area contributed by atoms with Gasteiger partial charge in [0.25, 0.3) is 0 Å². The normalized spacial score (nSPS) is 12.8. The maximum atomic E-state index is 9.45. The number of halogens is 1. The van der Waals surface area contributed by atoms with Crippen LogP contribution in [0.3, 0.4) is 0 Å². The molecular formula is C12H13ClN2O. The van der Waals surface area contributed by atoms with Crippen molar-refractivity contribution in [2.24, 2.45) is 0 Å². The molecule has 2 rings (SSSR count). The van der Waals surface area contributed by atoms with Gasteiger partial charge in [0.05, 0.1) is 16.8 Å². The standard InChI is InChI=1S/C12H13ClN2O/c1-8(16)10-3-4-12(11(13)7-10)15-6-5-14-9(15)2/h3-8,16H,1-2H3/t8-/m1/s1. The summed E-state index contributed by atoms with van der Waals surface area (Å²) in [5.74, 6) is 0.881. The molecule has 84 valence electrons. The van der Waals surface area contributed by atoms with Crippen LogP contribution in [0, 0.1) is 6.92 Å². The van der Waals surface area contributed by atoms with Gasteiger partial charge in [0.2, 0.25) is 0 Å². The van der Waals surface area contributed by atoms with Crippen LogP contribution in [0.4, 0.5) is 0 Å². The summed E-state index contributed by atoms with van der Waals surface area (Å²) in [4.78, 5) is 4.15. The number of aryl methyl sites for hydroxylation is 1. The molecule has 0 saturated heterocycles. The first-order valence-corrected chi connectivity index (χ1v) is 5.45. The number of nitrogens with zero attached hydrogens (tertiary/aromatic N) is 2. The number of hydrogen-bond donors (Lipinski definition) is 1. The van der Waals surface area contributed by atoms with E-state index in [0.717, 1.165) is 17.1 Å². The van der Waals surface area contributed by atoms with Crippen LogP contribution in [0.2, 0.25) is 5.02 Å². The predicted molar refractivity (Wildman–Crippen MR) is 63.9 cm³/mol. The van der Waals surface area contributed by atoms with E-state index in [2.05, 4.69) is 4.98 Å². The smallest absolute Gasteiger partial charge is 0.110 e.